The van der Waals surface area contributed by atoms with Crippen molar-refractivity contribution in [3.8, 4) is 11.5 Å². The summed E-state index contributed by atoms with van der Waals surface area (Å²) in [5.41, 5.74) is 6.01. The van der Waals surface area contributed by atoms with E-state index in [1.165, 1.54) is 6.07 Å². The van der Waals surface area contributed by atoms with Crippen molar-refractivity contribution in [1.29, 1.82) is 0 Å². The molecule has 1 aromatic carbocycles. The summed E-state index contributed by atoms with van der Waals surface area (Å²) in [6.07, 6.45) is 0.918. The van der Waals surface area contributed by atoms with Crippen LogP contribution >= 0.6 is 0 Å². The molecule has 6 heteroatoms. The number of hydrogen-bond donors (Lipinski definition) is 1. The average molecular weight is 251 g/mol. The number of nitrogen functional groups attached to an aromatic ring is 1. The van der Waals surface area contributed by atoms with Gasteiger partial charge in [-0.1, -0.05) is 18.1 Å². The average Bonchev–Trinajstić information content (AvgIpc) is 2.82. The molecule has 0 aliphatic heterocycles. The number of benzene rings is 1. The maximum Gasteiger partial charge on any atom is 0.260 e. The Balaban J connectivity index is 2.16. The quantitative estimate of drug-likeness (QED) is 0.652. The molecule has 0 radical (unpaired) electrons. The number of halogens is 1. The molecule has 2 rings (SSSR count). The van der Waals surface area contributed by atoms with Crippen LogP contribution in [0.3, 0.4) is 0 Å². The third kappa shape index (κ3) is 2.65. The van der Waals surface area contributed by atoms with E-state index in [4.69, 9.17) is 15.0 Å². The van der Waals surface area contributed by atoms with Crippen molar-refractivity contribution in [3.63, 3.8) is 0 Å². The van der Waals surface area contributed by atoms with Crippen molar-refractivity contribution in [3.05, 3.63) is 29.8 Å². The van der Waals surface area contributed by atoms with E-state index in [9.17, 15) is 4.39 Å². The van der Waals surface area contributed by atoms with Crippen LogP contribution in [0.15, 0.2) is 22.7 Å². The maximum atomic E-state index is 13.3. The van der Waals surface area contributed by atoms with Gasteiger partial charge in [0.2, 0.25) is 0 Å². The molecule has 0 saturated heterocycles. The first-order valence-electron chi connectivity index (χ1n) is 5.67. The molecule has 18 heavy (non-hydrogen) atoms. The molecule has 0 amide bonds. The fourth-order valence-electron chi connectivity index (χ4n) is 1.45. The molecule has 1 aromatic heterocycles. The van der Waals surface area contributed by atoms with Gasteiger partial charge >= 0.3 is 0 Å². The van der Waals surface area contributed by atoms with Crippen LogP contribution in [0.4, 0.5) is 10.1 Å². The molecule has 0 unspecified atom stereocenters. The minimum Gasteiger partial charge on any atom is -0.396 e. The van der Waals surface area contributed by atoms with Crippen LogP contribution in [0.1, 0.15) is 19.2 Å². The van der Waals surface area contributed by atoms with Gasteiger partial charge in [-0.2, -0.15) is 4.98 Å². The Morgan fingerprint density at radius 3 is 3.06 bits per heavy atom. The number of aromatic nitrogens is 2. The number of anilines is 1. The third-order valence-corrected chi connectivity index (χ3v) is 2.33. The molecular formula is C12H14FN3O2. The first-order valence-corrected chi connectivity index (χ1v) is 5.67. The number of nitrogens with zero attached hydrogens (tertiary/aromatic N) is 2. The van der Waals surface area contributed by atoms with Crippen molar-refractivity contribution in [2.24, 2.45) is 0 Å². The van der Waals surface area contributed by atoms with Gasteiger partial charge in [-0.3, -0.25) is 0 Å². The summed E-state index contributed by atoms with van der Waals surface area (Å²) in [5.74, 6) is 0.110. The van der Waals surface area contributed by atoms with Crippen LogP contribution in [-0.2, 0) is 11.3 Å². The Morgan fingerprint density at radius 1 is 1.44 bits per heavy atom. The fraction of sp³-hybridized carbons (Fsp3) is 0.333. The zero-order valence-electron chi connectivity index (χ0n) is 10.0. The highest BCUT2D eigenvalue weighted by Crippen LogP contribution is 2.26. The van der Waals surface area contributed by atoms with Crippen LogP contribution < -0.4 is 5.73 Å². The van der Waals surface area contributed by atoms with E-state index >= 15 is 0 Å². The summed E-state index contributed by atoms with van der Waals surface area (Å²) >= 11 is 0. The van der Waals surface area contributed by atoms with Gasteiger partial charge in [0, 0.05) is 6.61 Å². The summed E-state index contributed by atoms with van der Waals surface area (Å²) in [7, 11) is 0. The van der Waals surface area contributed by atoms with E-state index in [2.05, 4.69) is 10.1 Å². The SMILES string of the molecule is CCCOCc1noc(-c2cccc(F)c2N)n1. The number of ether oxygens (including phenoxy) is 1. The molecule has 2 aromatic rings. The second-order valence-corrected chi connectivity index (χ2v) is 3.77. The monoisotopic (exact) mass is 251 g/mol. The zero-order valence-corrected chi connectivity index (χ0v) is 10.0. The van der Waals surface area contributed by atoms with Crippen molar-refractivity contribution >= 4 is 5.69 Å². The lowest BCUT2D eigenvalue weighted by Gasteiger charge is -2.00. The smallest absolute Gasteiger partial charge is 0.260 e. The van der Waals surface area contributed by atoms with Gasteiger partial charge in [-0.05, 0) is 18.6 Å². The standard InChI is InChI=1S/C12H14FN3O2/c1-2-6-17-7-10-15-12(18-16-10)8-4-3-5-9(13)11(8)14/h3-5H,2,6-7,14H2,1H3. The van der Waals surface area contributed by atoms with Crippen molar-refractivity contribution in [2.45, 2.75) is 20.0 Å². The van der Waals surface area contributed by atoms with E-state index in [1.807, 2.05) is 6.92 Å². The van der Waals surface area contributed by atoms with E-state index in [-0.39, 0.29) is 18.2 Å². The van der Waals surface area contributed by atoms with E-state index in [1.54, 1.807) is 12.1 Å². The van der Waals surface area contributed by atoms with E-state index in [0.29, 0.717) is 18.0 Å². The first-order chi connectivity index (χ1) is 8.72. The second kappa shape index (κ2) is 5.59. The van der Waals surface area contributed by atoms with Crippen molar-refractivity contribution in [2.75, 3.05) is 12.3 Å². The molecular weight excluding hydrogens is 237 g/mol. The Labute approximate surface area is 104 Å². The lowest BCUT2D eigenvalue weighted by molar-refractivity contribution is 0.114. The number of rotatable bonds is 5. The van der Waals surface area contributed by atoms with Gasteiger partial charge in [0.15, 0.2) is 5.82 Å². The molecule has 0 saturated carbocycles. The van der Waals surface area contributed by atoms with Crippen LogP contribution in [0.25, 0.3) is 11.5 Å². The number of para-hydroxylation sites is 1. The largest absolute Gasteiger partial charge is 0.396 e. The van der Waals surface area contributed by atoms with Gasteiger partial charge in [-0.15, -0.1) is 0 Å². The Morgan fingerprint density at radius 2 is 2.28 bits per heavy atom. The molecule has 1 heterocycles. The summed E-state index contributed by atoms with van der Waals surface area (Å²) in [6, 6.07) is 4.45. The van der Waals surface area contributed by atoms with Crippen LogP contribution in [0.5, 0.6) is 0 Å². The highest BCUT2D eigenvalue weighted by Gasteiger charge is 2.13. The number of hydrogen-bond acceptors (Lipinski definition) is 5. The summed E-state index contributed by atoms with van der Waals surface area (Å²) in [5, 5.41) is 3.75. The highest BCUT2D eigenvalue weighted by molar-refractivity contribution is 5.70. The van der Waals surface area contributed by atoms with E-state index in [0.717, 1.165) is 6.42 Å². The Bertz CT molecular complexity index is 528. The fourth-order valence-corrected chi connectivity index (χ4v) is 1.45. The molecule has 0 spiro atoms. The zero-order chi connectivity index (χ0) is 13.0. The van der Waals surface area contributed by atoms with Gasteiger partial charge in [0.25, 0.3) is 5.89 Å². The normalized spacial score (nSPS) is 10.8. The Hall–Kier alpha value is -1.95. The van der Waals surface area contributed by atoms with Crippen LogP contribution in [0, 0.1) is 5.82 Å². The molecule has 0 fully saturated rings. The third-order valence-electron chi connectivity index (χ3n) is 2.33. The summed E-state index contributed by atoms with van der Waals surface area (Å²) < 4.78 is 23.6. The van der Waals surface area contributed by atoms with E-state index < -0.39 is 5.82 Å². The van der Waals surface area contributed by atoms with Gasteiger partial charge in [-0.25, -0.2) is 4.39 Å². The summed E-state index contributed by atoms with van der Waals surface area (Å²) in [6.45, 7) is 2.91. The molecule has 0 aliphatic rings. The molecule has 96 valence electrons. The van der Waals surface area contributed by atoms with Gasteiger partial charge in [0.1, 0.15) is 12.4 Å². The van der Waals surface area contributed by atoms with Crippen LogP contribution in [0.2, 0.25) is 0 Å². The maximum absolute atomic E-state index is 13.3. The first kappa shape index (κ1) is 12.5. The lowest BCUT2D eigenvalue weighted by Crippen LogP contribution is -1.96. The highest BCUT2D eigenvalue weighted by atomic mass is 19.1. The van der Waals surface area contributed by atoms with Crippen LogP contribution in [-0.4, -0.2) is 16.7 Å². The second-order valence-electron chi connectivity index (χ2n) is 3.77. The predicted molar refractivity (Wildman–Crippen MR) is 64.1 cm³/mol. The number of nitrogens with two attached hydrogens (primary N) is 1. The predicted octanol–water partition coefficient (Wildman–Crippen LogP) is 2.38. The van der Waals surface area contributed by atoms with Crippen molar-refractivity contribution < 1.29 is 13.7 Å². The van der Waals surface area contributed by atoms with Gasteiger partial charge in [0.05, 0.1) is 11.3 Å². The molecule has 0 aliphatic carbocycles. The summed E-state index contributed by atoms with van der Waals surface area (Å²) in [4.78, 5) is 4.10. The van der Waals surface area contributed by atoms with Crippen molar-refractivity contribution in [1.82, 2.24) is 10.1 Å². The Kier molecular flexibility index (Phi) is 3.88. The molecule has 0 bridgehead atoms. The lowest BCUT2D eigenvalue weighted by atomic mass is 10.2. The minimum atomic E-state index is -0.505. The minimum absolute atomic E-state index is 0.00202. The topological polar surface area (TPSA) is 74.2 Å². The molecule has 2 N–H and O–H groups in total. The van der Waals surface area contributed by atoms with Gasteiger partial charge < -0.3 is 15.0 Å². The molecule has 0 atom stereocenters. The molecule has 5 nitrogen and oxygen atoms in total.